The van der Waals surface area contributed by atoms with Gasteiger partial charge >= 0.3 is 5.97 Å². The van der Waals surface area contributed by atoms with Gasteiger partial charge in [0.15, 0.2) is 0 Å². The molecule has 16 heavy (non-hydrogen) atoms. The maximum Gasteiger partial charge on any atom is 0.309 e. The van der Waals surface area contributed by atoms with Crippen LogP contribution < -0.4 is 0 Å². The largest absolute Gasteiger partial charge is 0.481 e. The minimum absolute atomic E-state index is 0.570. The number of hydrogen-bond acceptors (Lipinski definition) is 3. The molecule has 0 aliphatic carbocycles. The molecule has 0 aromatic carbocycles. The molecule has 1 aliphatic heterocycles. The third-order valence-electron chi connectivity index (χ3n) is 3.66. The topological polar surface area (TPSA) is 60.8 Å². The zero-order valence-electron chi connectivity index (χ0n) is 10.3. The van der Waals surface area contributed by atoms with Crippen molar-refractivity contribution in [1.82, 2.24) is 4.90 Å². The van der Waals surface area contributed by atoms with Crippen LogP contribution >= 0.6 is 0 Å². The lowest BCUT2D eigenvalue weighted by molar-refractivity contribution is -0.151. The van der Waals surface area contributed by atoms with Gasteiger partial charge in [0.25, 0.3) is 0 Å². The summed E-state index contributed by atoms with van der Waals surface area (Å²) in [7, 11) is 0. The molecule has 4 heteroatoms. The van der Waals surface area contributed by atoms with E-state index in [1.165, 1.54) is 0 Å². The Bertz CT molecular complexity index is 244. The van der Waals surface area contributed by atoms with Crippen LogP contribution in [-0.4, -0.2) is 46.3 Å². The average molecular weight is 229 g/mol. The van der Waals surface area contributed by atoms with Gasteiger partial charge in [0, 0.05) is 6.54 Å². The second kappa shape index (κ2) is 5.64. The first-order chi connectivity index (χ1) is 7.49. The molecule has 0 aromatic rings. The van der Waals surface area contributed by atoms with Crippen LogP contribution in [0.3, 0.4) is 0 Å². The molecule has 1 saturated heterocycles. The van der Waals surface area contributed by atoms with Gasteiger partial charge < -0.3 is 15.1 Å². The summed E-state index contributed by atoms with van der Waals surface area (Å²) in [6.07, 6.45) is 3.15. The first kappa shape index (κ1) is 13.5. The molecule has 0 spiro atoms. The Morgan fingerprint density at radius 3 is 2.69 bits per heavy atom. The first-order valence-corrected chi connectivity index (χ1v) is 6.17. The summed E-state index contributed by atoms with van der Waals surface area (Å²) >= 11 is 0. The molecule has 2 atom stereocenters. The Hall–Kier alpha value is -0.610. The molecule has 0 saturated carbocycles. The summed E-state index contributed by atoms with van der Waals surface area (Å²) in [5, 5.41) is 19.4. The molecule has 94 valence electrons. The van der Waals surface area contributed by atoms with Gasteiger partial charge in [0.1, 0.15) is 0 Å². The van der Waals surface area contributed by atoms with E-state index in [-0.39, 0.29) is 0 Å². The quantitative estimate of drug-likeness (QED) is 0.763. The Labute approximate surface area is 97.3 Å². The number of nitrogens with zero attached hydrogens (tertiary/aromatic N) is 1. The van der Waals surface area contributed by atoms with Crippen molar-refractivity contribution in [1.29, 1.82) is 0 Å². The maximum atomic E-state index is 10.9. The highest BCUT2D eigenvalue weighted by atomic mass is 16.4. The highest BCUT2D eigenvalue weighted by Crippen LogP contribution is 2.30. The molecule has 0 radical (unpaired) electrons. The number of rotatable bonds is 4. The van der Waals surface area contributed by atoms with Crippen LogP contribution in [0, 0.1) is 5.92 Å². The fourth-order valence-corrected chi connectivity index (χ4v) is 2.40. The minimum atomic E-state index is -1.02. The number of hydrogen-bond donors (Lipinski definition) is 2. The van der Waals surface area contributed by atoms with Gasteiger partial charge in [0.05, 0.1) is 11.5 Å². The van der Waals surface area contributed by atoms with Crippen LogP contribution in [0.25, 0.3) is 0 Å². The zero-order chi connectivity index (χ0) is 12.2. The lowest BCUT2D eigenvalue weighted by Gasteiger charge is -2.30. The second-order valence-electron chi connectivity index (χ2n) is 4.86. The SMILES string of the molecule is CCCN1CCCC(O)(C(C)C(=O)O)CC1. The van der Waals surface area contributed by atoms with Crippen LogP contribution in [-0.2, 0) is 4.79 Å². The van der Waals surface area contributed by atoms with Crippen molar-refractivity contribution in [2.75, 3.05) is 19.6 Å². The molecule has 0 aromatic heterocycles. The van der Waals surface area contributed by atoms with Crippen molar-refractivity contribution in [2.24, 2.45) is 5.92 Å². The van der Waals surface area contributed by atoms with Crippen LogP contribution in [0.2, 0.25) is 0 Å². The lowest BCUT2D eigenvalue weighted by Crippen LogP contribution is -2.41. The Kier molecular flexibility index (Phi) is 4.74. The van der Waals surface area contributed by atoms with Crippen molar-refractivity contribution in [2.45, 2.75) is 45.1 Å². The normalized spacial score (nSPS) is 29.7. The fourth-order valence-electron chi connectivity index (χ4n) is 2.40. The van der Waals surface area contributed by atoms with E-state index in [4.69, 9.17) is 5.11 Å². The van der Waals surface area contributed by atoms with Crippen LogP contribution in [0.5, 0.6) is 0 Å². The van der Waals surface area contributed by atoms with E-state index in [1.54, 1.807) is 6.92 Å². The Morgan fingerprint density at radius 1 is 1.44 bits per heavy atom. The van der Waals surface area contributed by atoms with Gasteiger partial charge in [-0.3, -0.25) is 4.79 Å². The minimum Gasteiger partial charge on any atom is -0.481 e. The smallest absolute Gasteiger partial charge is 0.309 e. The van der Waals surface area contributed by atoms with E-state index in [1.807, 2.05) is 0 Å². The second-order valence-corrected chi connectivity index (χ2v) is 4.86. The van der Waals surface area contributed by atoms with Crippen molar-refractivity contribution in [3.8, 4) is 0 Å². The predicted octanol–water partition coefficient (Wildman–Crippen LogP) is 1.33. The van der Waals surface area contributed by atoms with Crippen molar-refractivity contribution in [3.05, 3.63) is 0 Å². The Balaban J connectivity index is 2.60. The van der Waals surface area contributed by atoms with E-state index < -0.39 is 17.5 Å². The van der Waals surface area contributed by atoms with Crippen LogP contribution in [0.15, 0.2) is 0 Å². The average Bonchev–Trinajstić information content (AvgIpc) is 2.42. The van der Waals surface area contributed by atoms with Crippen molar-refractivity contribution >= 4 is 5.97 Å². The van der Waals surface area contributed by atoms with E-state index in [2.05, 4.69) is 11.8 Å². The monoisotopic (exact) mass is 229 g/mol. The highest BCUT2D eigenvalue weighted by molar-refractivity contribution is 5.71. The summed E-state index contributed by atoms with van der Waals surface area (Å²) in [6, 6.07) is 0. The predicted molar refractivity (Wildman–Crippen MR) is 62.3 cm³/mol. The first-order valence-electron chi connectivity index (χ1n) is 6.17. The molecule has 0 bridgehead atoms. The number of carboxylic acid groups (broad SMARTS) is 1. The number of aliphatic hydroxyl groups is 1. The molecule has 2 unspecified atom stereocenters. The van der Waals surface area contributed by atoms with E-state index >= 15 is 0 Å². The van der Waals surface area contributed by atoms with Crippen LogP contribution in [0.4, 0.5) is 0 Å². The molecule has 1 fully saturated rings. The fraction of sp³-hybridized carbons (Fsp3) is 0.917. The third kappa shape index (κ3) is 3.19. The molecule has 2 N–H and O–H groups in total. The van der Waals surface area contributed by atoms with Gasteiger partial charge in [-0.2, -0.15) is 0 Å². The lowest BCUT2D eigenvalue weighted by atomic mass is 9.82. The van der Waals surface area contributed by atoms with Gasteiger partial charge in [-0.05, 0) is 45.7 Å². The third-order valence-corrected chi connectivity index (χ3v) is 3.66. The molecule has 1 rings (SSSR count). The summed E-state index contributed by atoms with van der Waals surface area (Å²) in [6.45, 7) is 6.57. The summed E-state index contributed by atoms with van der Waals surface area (Å²) in [4.78, 5) is 13.3. The van der Waals surface area contributed by atoms with Gasteiger partial charge in [0.2, 0.25) is 0 Å². The van der Waals surface area contributed by atoms with Gasteiger partial charge in [-0.1, -0.05) is 6.92 Å². The number of likely N-dealkylation sites (tertiary alicyclic amines) is 1. The molecule has 4 nitrogen and oxygen atoms in total. The zero-order valence-corrected chi connectivity index (χ0v) is 10.3. The Morgan fingerprint density at radius 2 is 2.12 bits per heavy atom. The highest BCUT2D eigenvalue weighted by Gasteiger charge is 2.39. The van der Waals surface area contributed by atoms with Gasteiger partial charge in [-0.15, -0.1) is 0 Å². The molecular formula is C12H23NO3. The van der Waals surface area contributed by atoms with E-state index in [9.17, 15) is 9.90 Å². The number of carboxylic acids is 1. The summed E-state index contributed by atoms with van der Waals surface area (Å²) in [5.74, 6) is -1.57. The summed E-state index contributed by atoms with van der Waals surface area (Å²) < 4.78 is 0. The standard InChI is InChI=1S/C12H23NO3/c1-3-7-13-8-4-5-12(16,6-9-13)10(2)11(14)15/h10,16H,3-9H2,1-2H3,(H,14,15). The maximum absolute atomic E-state index is 10.9. The van der Waals surface area contributed by atoms with Gasteiger partial charge in [-0.25, -0.2) is 0 Å². The molecular weight excluding hydrogens is 206 g/mol. The van der Waals surface area contributed by atoms with Crippen LogP contribution in [0.1, 0.15) is 39.5 Å². The molecule has 1 heterocycles. The molecule has 0 amide bonds. The summed E-state index contributed by atoms with van der Waals surface area (Å²) in [5.41, 5.74) is -1.02. The van der Waals surface area contributed by atoms with E-state index in [0.29, 0.717) is 12.8 Å². The van der Waals surface area contributed by atoms with Crippen molar-refractivity contribution in [3.63, 3.8) is 0 Å². The molecule has 1 aliphatic rings. The van der Waals surface area contributed by atoms with Crippen molar-refractivity contribution < 1.29 is 15.0 Å². The number of aliphatic carboxylic acids is 1. The van der Waals surface area contributed by atoms with E-state index in [0.717, 1.165) is 32.5 Å². The number of carbonyl (C=O) groups is 1.